The number of carbonyl (C=O) groups excluding carboxylic acids is 1. The maximum absolute atomic E-state index is 11.9. The number of pyridine rings is 1. The van der Waals surface area contributed by atoms with Gasteiger partial charge in [-0.2, -0.15) is 5.10 Å². The number of carbonyl (C=O) groups is 2. The van der Waals surface area contributed by atoms with Gasteiger partial charge in [-0.25, -0.2) is 10.2 Å². The van der Waals surface area contributed by atoms with Gasteiger partial charge in [-0.1, -0.05) is 0 Å². The summed E-state index contributed by atoms with van der Waals surface area (Å²) < 4.78 is 1.83. The number of aromatic carboxylic acids is 1. The lowest BCUT2D eigenvalue weighted by molar-refractivity contribution is 0.0696. The number of hydrazone groups is 1. The van der Waals surface area contributed by atoms with E-state index in [9.17, 15) is 9.59 Å². The minimum atomic E-state index is -0.973. The van der Waals surface area contributed by atoms with Crippen LogP contribution in [0.3, 0.4) is 0 Å². The molecule has 2 heterocycles. The Morgan fingerprint density at radius 3 is 2.44 bits per heavy atom. The van der Waals surface area contributed by atoms with Gasteiger partial charge in [0, 0.05) is 29.8 Å². The lowest BCUT2D eigenvalue weighted by atomic mass is 10.2. The normalized spacial score (nSPS) is 10.7. The fraction of sp³-hybridized carbons (Fsp3) is 0. The predicted molar refractivity (Wildman–Crippen MR) is 92.0 cm³/mol. The van der Waals surface area contributed by atoms with Crippen molar-refractivity contribution in [3.05, 3.63) is 83.9 Å². The molecule has 1 amide bonds. The topological polar surface area (TPSA) is 96.6 Å². The fourth-order valence-corrected chi connectivity index (χ4v) is 2.22. The zero-order valence-corrected chi connectivity index (χ0v) is 13.0. The average Bonchev–Trinajstić information content (AvgIpc) is 3.11. The third-order valence-corrected chi connectivity index (χ3v) is 3.48. The van der Waals surface area contributed by atoms with Crippen LogP contribution in [0.25, 0.3) is 5.69 Å². The summed E-state index contributed by atoms with van der Waals surface area (Å²) in [6.07, 6.45) is 6.40. The van der Waals surface area contributed by atoms with E-state index >= 15 is 0 Å². The van der Waals surface area contributed by atoms with Crippen LogP contribution in [0, 0.1) is 0 Å². The molecule has 1 aromatic carbocycles. The van der Waals surface area contributed by atoms with Gasteiger partial charge >= 0.3 is 5.97 Å². The van der Waals surface area contributed by atoms with Gasteiger partial charge in [-0.15, -0.1) is 0 Å². The molecule has 25 heavy (non-hydrogen) atoms. The zero-order chi connectivity index (χ0) is 17.6. The third kappa shape index (κ3) is 3.78. The maximum Gasteiger partial charge on any atom is 0.335 e. The Morgan fingerprint density at radius 1 is 1.04 bits per heavy atom. The summed E-state index contributed by atoms with van der Waals surface area (Å²) in [6, 6.07) is 13.3. The van der Waals surface area contributed by atoms with E-state index in [0.717, 1.165) is 11.4 Å². The van der Waals surface area contributed by atoms with Crippen molar-refractivity contribution in [1.29, 1.82) is 0 Å². The van der Waals surface area contributed by atoms with Crippen molar-refractivity contribution < 1.29 is 14.7 Å². The molecule has 0 fully saturated rings. The summed E-state index contributed by atoms with van der Waals surface area (Å²) in [4.78, 5) is 26.7. The van der Waals surface area contributed by atoms with Crippen molar-refractivity contribution in [3.63, 3.8) is 0 Å². The number of hydrogen-bond acceptors (Lipinski definition) is 4. The van der Waals surface area contributed by atoms with Crippen LogP contribution in [0.5, 0.6) is 0 Å². The van der Waals surface area contributed by atoms with E-state index in [1.807, 2.05) is 22.9 Å². The first-order chi connectivity index (χ1) is 12.1. The fourth-order valence-electron chi connectivity index (χ4n) is 2.22. The number of nitrogens with one attached hydrogen (secondary N) is 1. The molecule has 2 N–H and O–H groups in total. The highest BCUT2D eigenvalue weighted by atomic mass is 16.4. The molecule has 3 rings (SSSR count). The van der Waals surface area contributed by atoms with E-state index in [1.165, 1.54) is 30.7 Å². The number of aromatic nitrogens is 2. The lowest BCUT2D eigenvalue weighted by Gasteiger charge is -2.06. The van der Waals surface area contributed by atoms with Crippen LogP contribution in [0.15, 0.2) is 72.2 Å². The standard InChI is InChI=1S/C18H14N4O3/c23-17(13-7-9-19-10-8-13)21-20-12-16-2-1-11-22(16)15-5-3-14(4-6-15)18(24)25/h1-12H,(H,21,23)(H,24,25)/b20-12-. The number of nitrogens with zero attached hydrogens (tertiary/aromatic N) is 3. The highest BCUT2D eigenvalue weighted by Gasteiger charge is 2.06. The smallest absolute Gasteiger partial charge is 0.335 e. The molecule has 0 saturated heterocycles. The Hall–Kier alpha value is -3.74. The number of rotatable bonds is 5. The Kier molecular flexibility index (Phi) is 4.66. The first kappa shape index (κ1) is 16.1. The van der Waals surface area contributed by atoms with E-state index in [-0.39, 0.29) is 11.5 Å². The number of hydrogen-bond donors (Lipinski definition) is 2. The largest absolute Gasteiger partial charge is 0.478 e. The molecule has 2 aromatic heterocycles. The second-order valence-electron chi connectivity index (χ2n) is 5.09. The van der Waals surface area contributed by atoms with Crippen molar-refractivity contribution in [2.45, 2.75) is 0 Å². The number of carboxylic acid groups (broad SMARTS) is 1. The molecular formula is C18H14N4O3. The van der Waals surface area contributed by atoms with Gasteiger partial charge in [0.15, 0.2) is 0 Å². The van der Waals surface area contributed by atoms with Gasteiger partial charge in [0.05, 0.1) is 17.5 Å². The summed E-state index contributed by atoms with van der Waals surface area (Å²) in [5.41, 5.74) is 4.66. The molecule has 0 saturated carbocycles. The lowest BCUT2D eigenvalue weighted by Crippen LogP contribution is -2.17. The van der Waals surface area contributed by atoms with Crippen LogP contribution in [-0.2, 0) is 0 Å². The van der Waals surface area contributed by atoms with Crippen LogP contribution in [0.4, 0.5) is 0 Å². The zero-order valence-electron chi connectivity index (χ0n) is 13.0. The highest BCUT2D eigenvalue weighted by molar-refractivity contribution is 5.94. The SMILES string of the molecule is O=C(O)c1ccc(-n2cccc2/C=N\NC(=O)c2ccncc2)cc1. The molecule has 0 bridgehead atoms. The van der Waals surface area contributed by atoms with Crippen LogP contribution in [0.2, 0.25) is 0 Å². The number of amides is 1. The molecule has 0 atom stereocenters. The Balaban J connectivity index is 1.73. The molecule has 0 aliphatic heterocycles. The molecular weight excluding hydrogens is 320 g/mol. The summed E-state index contributed by atoms with van der Waals surface area (Å²) in [5, 5.41) is 12.9. The monoisotopic (exact) mass is 334 g/mol. The number of carboxylic acids is 1. The highest BCUT2D eigenvalue weighted by Crippen LogP contribution is 2.13. The summed E-state index contributed by atoms with van der Waals surface area (Å²) >= 11 is 0. The van der Waals surface area contributed by atoms with Crippen LogP contribution < -0.4 is 5.43 Å². The minimum Gasteiger partial charge on any atom is -0.478 e. The molecule has 7 heteroatoms. The molecule has 124 valence electrons. The molecule has 0 radical (unpaired) electrons. The second kappa shape index (κ2) is 7.22. The Bertz CT molecular complexity index is 915. The molecule has 0 aliphatic rings. The molecule has 0 unspecified atom stereocenters. The van der Waals surface area contributed by atoms with Gasteiger partial charge in [-0.05, 0) is 48.5 Å². The first-order valence-corrected chi connectivity index (χ1v) is 7.39. The Morgan fingerprint density at radius 2 is 1.76 bits per heavy atom. The van der Waals surface area contributed by atoms with E-state index in [0.29, 0.717) is 5.56 Å². The van der Waals surface area contributed by atoms with E-state index in [2.05, 4.69) is 15.5 Å². The molecule has 7 nitrogen and oxygen atoms in total. The van der Waals surface area contributed by atoms with Crippen LogP contribution in [0.1, 0.15) is 26.4 Å². The van der Waals surface area contributed by atoms with E-state index in [4.69, 9.17) is 5.11 Å². The van der Waals surface area contributed by atoms with Gasteiger partial charge in [0.25, 0.3) is 5.91 Å². The molecule has 3 aromatic rings. The van der Waals surface area contributed by atoms with Gasteiger partial charge in [0.1, 0.15) is 0 Å². The quantitative estimate of drug-likeness (QED) is 0.553. The summed E-state index contributed by atoms with van der Waals surface area (Å²) in [7, 11) is 0. The third-order valence-electron chi connectivity index (χ3n) is 3.48. The minimum absolute atomic E-state index is 0.218. The van der Waals surface area contributed by atoms with Crippen molar-refractivity contribution in [2.75, 3.05) is 0 Å². The van der Waals surface area contributed by atoms with Crippen molar-refractivity contribution >= 4 is 18.1 Å². The van der Waals surface area contributed by atoms with Gasteiger partial charge < -0.3 is 9.67 Å². The van der Waals surface area contributed by atoms with Crippen molar-refractivity contribution in [1.82, 2.24) is 15.0 Å². The predicted octanol–water partition coefficient (Wildman–Crippen LogP) is 2.33. The maximum atomic E-state index is 11.9. The first-order valence-electron chi connectivity index (χ1n) is 7.39. The summed E-state index contributed by atoms with van der Waals surface area (Å²) in [5.74, 6) is -1.30. The number of benzene rings is 1. The van der Waals surface area contributed by atoms with Crippen molar-refractivity contribution in [3.8, 4) is 5.69 Å². The van der Waals surface area contributed by atoms with Gasteiger partial charge in [-0.3, -0.25) is 9.78 Å². The van der Waals surface area contributed by atoms with Crippen molar-refractivity contribution in [2.24, 2.45) is 5.10 Å². The van der Waals surface area contributed by atoms with Crippen LogP contribution >= 0.6 is 0 Å². The molecule has 0 aliphatic carbocycles. The van der Waals surface area contributed by atoms with Gasteiger partial charge in [0.2, 0.25) is 0 Å². The summed E-state index contributed by atoms with van der Waals surface area (Å²) in [6.45, 7) is 0. The average molecular weight is 334 g/mol. The van der Waals surface area contributed by atoms with E-state index < -0.39 is 5.97 Å². The molecule has 0 spiro atoms. The Labute approximate surface area is 143 Å². The van der Waals surface area contributed by atoms with E-state index in [1.54, 1.807) is 24.3 Å². The van der Waals surface area contributed by atoms with Crippen LogP contribution in [-0.4, -0.2) is 32.7 Å². The second-order valence-corrected chi connectivity index (χ2v) is 5.09.